The molecule has 1 saturated heterocycles. The van der Waals surface area contributed by atoms with E-state index in [1.165, 1.54) is 23.1 Å². The van der Waals surface area contributed by atoms with Crippen LogP contribution in [0.3, 0.4) is 0 Å². The summed E-state index contributed by atoms with van der Waals surface area (Å²) in [4.78, 5) is 43.9. The van der Waals surface area contributed by atoms with Crippen LogP contribution in [0.5, 0.6) is 0 Å². The second-order valence-electron chi connectivity index (χ2n) is 9.65. The van der Waals surface area contributed by atoms with Crippen molar-refractivity contribution in [3.8, 4) is 0 Å². The van der Waals surface area contributed by atoms with Crippen molar-refractivity contribution >= 4 is 17.9 Å². The zero-order chi connectivity index (χ0) is 26.0. The number of aliphatic hydroxyl groups is 1. The number of amides is 2. The number of allylic oxidation sites excluding steroid dienone is 1. The molecule has 0 aliphatic carbocycles. The van der Waals surface area contributed by atoms with Crippen LogP contribution in [0.1, 0.15) is 41.0 Å². The topological polar surface area (TPSA) is 94.9 Å². The third-order valence-electron chi connectivity index (χ3n) is 7.14. The molecule has 1 fully saturated rings. The Morgan fingerprint density at radius 3 is 2.64 bits per heavy atom. The molecule has 0 radical (unpaired) electrons. The average molecular weight is 497 g/mol. The molecular weight excluding hydrogens is 463 g/mol. The van der Waals surface area contributed by atoms with Crippen LogP contribution in [0.25, 0.3) is 6.08 Å². The number of aromatic nitrogens is 1. The van der Waals surface area contributed by atoms with Crippen molar-refractivity contribution in [1.82, 2.24) is 19.7 Å². The van der Waals surface area contributed by atoms with Gasteiger partial charge in [0.2, 0.25) is 5.91 Å². The first-order valence-electron chi connectivity index (χ1n) is 12.3. The number of carbonyl (C=O) groups excluding carboxylic acids is 2. The zero-order valence-electron chi connectivity index (χ0n) is 20.9. The molecule has 4 rings (SSSR count). The minimum Gasteiger partial charge on any atom is -0.396 e. The molecule has 9 heteroatoms. The summed E-state index contributed by atoms with van der Waals surface area (Å²) >= 11 is 0. The van der Waals surface area contributed by atoms with E-state index in [9.17, 15) is 23.9 Å². The molecule has 1 aromatic heterocycles. The minimum absolute atomic E-state index is 0.0995. The Labute approximate surface area is 210 Å². The van der Waals surface area contributed by atoms with Gasteiger partial charge in [-0.1, -0.05) is 24.3 Å². The average Bonchev–Trinajstić information content (AvgIpc) is 3.10. The van der Waals surface area contributed by atoms with Crippen molar-refractivity contribution in [2.75, 3.05) is 33.8 Å². The van der Waals surface area contributed by atoms with Gasteiger partial charge in [0.1, 0.15) is 5.82 Å². The summed E-state index contributed by atoms with van der Waals surface area (Å²) in [6.45, 7) is 2.83. The number of benzene rings is 1. The van der Waals surface area contributed by atoms with E-state index >= 15 is 0 Å². The normalized spacial score (nSPS) is 22.8. The van der Waals surface area contributed by atoms with Crippen molar-refractivity contribution in [1.29, 1.82) is 0 Å². The third-order valence-corrected chi connectivity index (χ3v) is 7.14. The monoisotopic (exact) mass is 496 g/mol. The highest BCUT2D eigenvalue weighted by atomic mass is 19.1. The molecule has 4 atom stereocenters. The predicted octanol–water partition coefficient (Wildman–Crippen LogP) is 1.89. The summed E-state index contributed by atoms with van der Waals surface area (Å²) < 4.78 is 16.2. The zero-order valence-corrected chi connectivity index (χ0v) is 20.9. The lowest BCUT2D eigenvalue weighted by molar-refractivity contribution is -0.127. The molecule has 2 aliphatic heterocycles. The molecule has 2 bridgehead atoms. The van der Waals surface area contributed by atoms with Crippen LogP contribution in [0.15, 0.2) is 47.3 Å². The number of aliphatic hydroxyl groups excluding tert-OH is 1. The first-order chi connectivity index (χ1) is 17.3. The van der Waals surface area contributed by atoms with Gasteiger partial charge < -0.3 is 24.8 Å². The Balaban J connectivity index is 1.78. The number of nitrogens with one attached hydrogen (secondary N) is 1. The van der Waals surface area contributed by atoms with Crippen LogP contribution < -0.4 is 10.9 Å². The fourth-order valence-corrected chi connectivity index (χ4v) is 5.51. The number of hydrogen-bond donors (Lipinski definition) is 2. The van der Waals surface area contributed by atoms with Crippen molar-refractivity contribution in [3.63, 3.8) is 0 Å². The van der Waals surface area contributed by atoms with E-state index in [0.29, 0.717) is 17.8 Å². The van der Waals surface area contributed by atoms with Gasteiger partial charge >= 0.3 is 0 Å². The molecule has 0 spiro atoms. The number of hydrogen-bond acceptors (Lipinski definition) is 5. The standard InChI is InChI=1S/C27H33FN4O4/c1-4-8-17-11-12-21-24-23(25(34)29-13-7-14-30(2)3)19(16-33)22(15-31(21)26(17)35)32(24)27(36)18-9-5-6-10-20(18)28/h4-6,8-12,19,22-24,33H,7,13-16H2,1-3H3,(H,29,34)/t19-,22-,23+,24+/m1/s1. The van der Waals surface area contributed by atoms with Gasteiger partial charge in [0.05, 0.1) is 23.6 Å². The summed E-state index contributed by atoms with van der Waals surface area (Å²) in [6, 6.07) is 7.71. The molecule has 36 heavy (non-hydrogen) atoms. The van der Waals surface area contributed by atoms with Crippen molar-refractivity contribution in [2.24, 2.45) is 11.8 Å². The van der Waals surface area contributed by atoms with Gasteiger partial charge in [-0.25, -0.2) is 4.39 Å². The number of carbonyl (C=O) groups is 2. The molecule has 0 unspecified atom stereocenters. The third kappa shape index (κ3) is 4.60. The molecule has 2 aromatic rings. The van der Waals surface area contributed by atoms with Gasteiger partial charge in [-0.3, -0.25) is 14.4 Å². The van der Waals surface area contributed by atoms with Crippen LogP contribution in [-0.2, 0) is 11.3 Å². The van der Waals surface area contributed by atoms with Crippen LogP contribution in [-0.4, -0.2) is 71.1 Å². The maximum atomic E-state index is 14.6. The summed E-state index contributed by atoms with van der Waals surface area (Å²) in [5, 5.41) is 13.3. The minimum atomic E-state index is -0.811. The first kappa shape index (κ1) is 25.8. The molecule has 1 aromatic carbocycles. The summed E-state index contributed by atoms with van der Waals surface area (Å²) in [5.74, 6) is -2.89. The fourth-order valence-electron chi connectivity index (χ4n) is 5.51. The number of halogens is 1. The van der Waals surface area contributed by atoms with Gasteiger partial charge in [-0.2, -0.15) is 0 Å². The smallest absolute Gasteiger partial charge is 0.258 e. The maximum Gasteiger partial charge on any atom is 0.258 e. The fraction of sp³-hybridized carbons (Fsp3) is 0.444. The van der Waals surface area contributed by atoms with Gasteiger partial charge in [-0.15, -0.1) is 0 Å². The number of rotatable bonds is 8. The molecular formula is C27H33FN4O4. The first-order valence-corrected chi connectivity index (χ1v) is 12.3. The van der Waals surface area contributed by atoms with E-state index in [-0.39, 0.29) is 30.2 Å². The summed E-state index contributed by atoms with van der Waals surface area (Å²) in [5.41, 5.74) is 0.693. The second kappa shape index (κ2) is 10.8. The van der Waals surface area contributed by atoms with E-state index in [1.54, 1.807) is 34.9 Å². The molecule has 3 heterocycles. The van der Waals surface area contributed by atoms with E-state index in [0.717, 1.165) is 13.0 Å². The Bertz CT molecular complexity index is 1220. The van der Waals surface area contributed by atoms with Crippen molar-refractivity contribution in [3.05, 3.63) is 75.5 Å². The molecule has 8 nitrogen and oxygen atoms in total. The van der Waals surface area contributed by atoms with E-state index in [2.05, 4.69) is 5.32 Å². The van der Waals surface area contributed by atoms with E-state index in [4.69, 9.17) is 0 Å². The summed E-state index contributed by atoms with van der Waals surface area (Å²) in [6.07, 6.45) is 4.23. The number of nitrogens with zero attached hydrogens (tertiary/aromatic N) is 3. The Morgan fingerprint density at radius 2 is 1.97 bits per heavy atom. The summed E-state index contributed by atoms with van der Waals surface area (Å²) in [7, 11) is 3.90. The Morgan fingerprint density at radius 1 is 1.22 bits per heavy atom. The van der Waals surface area contributed by atoms with Crippen LogP contribution in [0.4, 0.5) is 4.39 Å². The largest absolute Gasteiger partial charge is 0.396 e. The molecule has 192 valence electrons. The lowest BCUT2D eigenvalue weighted by atomic mass is 9.86. The quantitative estimate of drug-likeness (QED) is 0.545. The van der Waals surface area contributed by atoms with Gasteiger partial charge in [0.25, 0.3) is 11.5 Å². The van der Waals surface area contributed by atoms with Gasteiger partial charge in [0, 0.05) is 36.9 Å². The van der Waals surface area contributed by atoms with E-state index in [1.807, 2.05) is 25.9 Å². The maximum absolute atomic E-state index is 14.6. The SMILES string of the molecule is CC=Cc1ccc2n(c1=O)C[C@@H]1[C@@H](CO)[C@H](C(=O)NCCCN(C)C)[C@H]2N1C(=O)c1ccccc1F. The molecule has 2 aliphatic rings. The van der Waals surface area contributed by atoms with E-state index < -0.39 is 35.6 Å². The highest BCUT2D eigenvalue weighted by Crippen LogP contribution is 2.49. The highest BCUT2D eigenvalue weighted by Gasteiger charge is 2.57. The Kier molecular flexibility index (Phi) is 7.70. The van der Waals surface area contributed by atoms with Crippen molar-refractivity contribution < 1.29 is 19.1 Å². The molecule has 2 N–H and O–H groups in total. The molecule has 0 saturated carbocycles. The van der Waals surface area contributed by atoms with Crippen LogP contribution >= 0.6 is 0 Å². The van der Waals surface area contributed by atoms with Gasteiger partial charge in [0.15, 0.2) is 0 Å². The lowest BCUT2D eigenvalue weighted by Gasteiger charge is -2.38. The predicted molar refractivity (Wildman–Crippen MR) is 135 cm³/mol. The van der Waals surface area contributed by atoms with Crippen LogP contribution in [0, 0.1) is 17.7 Å². The molecule has 2 amide bonds. The Hall–Kier alpha value is -3.30. The second-order valence-corrected chi connectivity index (χ2v) is 9.65. The van der Waals surface area contributed by atoms with Gasteiger partial charge in [-0.05, 0) is 58.3 Å². The number of fused-ring (bicyclic) bond motifs is 4. The number of pyridine rings is 1. The lowest BCUT2D eigenvalue weighted by Crippen LogP contribution is -2.49. The van der Waals surface area contributed by atoms with Crippen LogP contribution in [0.2, 0.25) is 0 Å². The highest BCUT2D eigenvalue weighted by molar-refractivity contribution is 5.96. The van der Waals surface area contributed by atoms with Crippen molar-refractivity contribution in [2.45, 2.75) is 32.0 Å².